The van der Waals surface area contributed by atoms with Crippen LogP contribution < -0.4 is 0 Å². The van der Waals surface area contributed by atoms with Crippen LogP contribution in [-0.4, -0.2) is 0 Å². The molecule has 0 aromatic carbocycles. The first-order valence-electron chi connectivity index (χ1n) is 9.44. The van der Waals surface area contributed by atoms with Crippen LogP contribution in [0.2, 0.25) is 0 Å². The summed E-state index contributed by atoms with van der Waals surface area (Å²) in [4.78, 5) is 0. The monoisotopic (exact) mass is 307 g/mol. The summed E-state index contributed by atoms with van der Waals surface area (Å²) in [6, 6.07) is 0. The molecule has 22 heavy (non-hydrogen) atoms. The van der Waals surface area contributed by atoms with Crippen molar-refractivity contribution >= 4 is 0 Å². The Morgan fingerprint density at radius 2 is 0.955 bits per heavy atom. The van der Waals surface area contributed by atoms with Crippen molar-refractivity contribution < 1.29 is 0 Å². The van der Waals surface area contributed by atoms with E-state index in [4.69, 9.17) is 0 Å². The van der Waals surface area contributed by atoms with E-state index in [0.717, 1.165) is 0 Å². The summed E-state index contributed by atoms with van der Waals surface area (Å²) in [7, 11) is 0. The lowest BCUT2D eigenvalue weighted by molar-refractivity contribution is -0.109. The summed E-state index contributed by atoms with van der Waals surface area (Å²) in [6.07, 6.45) is 10.5. The van der Waals surface area contributed by atoms with Crippen LogP contribution in [0.15, 0.2) is 0 Å². The molecule has 0 aromatic heterocycles. The summed E-state index contributed by atoms with van der Waals surface area (Å²) in [5.41, 5.74) is 2.02. The lowest BCUT2D eigenvalue weighted by Gasteiger charge is -2.61. The van der Waals surface area contributed by atoms with E-state index in [1.54, 1.807) is 0 Å². The minimum Gasteiger partial charge on any atom is -0.0602 e. The molecule has 0 unspecified atom stereocenters. The van der Waals surface area contributed by atoms with Gasteiger partial charge in [0.05, 0.1) is 0 Å². The van der Waals surface area contributed by atoms with Crippen molar-refractivity contribution in [1.82, 2.24) is 0 Å². The maximum absolute atomic E-state index is 2.56. The van der Waals surface area contributed by atoms with E-state index in [2.05, 4.69) is 75.7 Å². The molecule has 1 aliphatic carbocycles. The van der Waals surface area contributed by atoms with Crippen LogP contribution in [-0.2, 0) is 0 Å². The number of rotatable bonds is 4. The summed E-state index contributed by atoms with van der Waals surface area (Å²) >= 11 is 0. The first-order valence-corrected chi connectivity index (χ1v) is 9.44. The molecule has 0 bridgehead atoms. The largest absolute Gasteiger partial charge is 0.0602 e. The first-order chi connectivity index (χ1) is 9.62. The molecule has 1 radical (unpaired) electrons. The third-order valence-corrected chi connectivity index (χ3v) is 6.09. The lowest BCUT2D eigenvalue weighted by atomic mass is 9.44. The van der Waals surface area contributed by atoms with E-state index in [-0.39, 0.29) is 0 Å². The topological polar surface area (TPSA) is 0 Å². The molecule has 0 N–H and O–H groups in total. The third-order valence-electron chi connectivity index (χ3n) is 6.09. The van der Waals surface area contributed by atoms with E-state index >= 15 is 0 Å². The van der Waals surface area contributed by atoms with Crippen molar-refractivity contribution in [2.75, 3.05) is 0 Å². The SMILES string of the molecule is CC(C)(C)CC(C)(C)C1(C(C)(C)CC(C)(C)C)CC[CH]CC1. The second-order valence-corrected chi connectivity index (χ2v) is 11.7. The summed E-state index contributed by atoms with van der Waals surface area (Å²) in [5, 5.41) is 0. The molecule has 0 heterocycles. The number of hydrogen-bond donors (Lipinski definition) is 0. The predicted octanol–water partition coefficient (Wildman–Crippen LogP) is 7.68. The van der Waals surface area contributed by atoms with Gasteiger partial charge in [0.25, 0.3) is 0 Å². The van der Waals surface area contributed by atoms with E-state index < -0.39 is 0 Å². The van der Waals surface area contributed by atoms with Crippen LogP contribution in [0.4, 0.5) is 0 Å². The van der Waals surface area contributed by atoms with Gasteiger partial charge in [0.1, 0.15) is 0 Å². The van der Waals surface area contributed by atoms with Gasteiger partial charge < -0.3 is 0 Å². The van der Waals surface area contributed by atoms with Crippen LogP contribution in [0.3, 0.4) is 0 Å². The smallest absolute Gasteiger partial charge is 0.0194 e. The van der Waals surface area contributed by atoms with Gasteiger partial charge in [-0.3, -0.25) is 0 Å². The van der Waals surface area contributed by atoms with Crippen molar-refractivity contribution in [3.05, 3.63) is 6.42 Å². The highest BCUT2D eigenvalue weighted by Gasteiger charge is 2.55. The third kappa shape index (κ3) is 4.51. The highest BCUT2D eigenvalue weighted by atomic mass is 14.6. The molecule has 131 valence electrons. The Labute approximate surface area is 141 Å². The van der Waals surface area contributed by atoms with Crippen LogP contribution in [0.25, 0.3) is 0 Å². The molecule has 0 nitrogen and oxygen atoms in total. The Bertz CT molecular complexity index is 320. The van der Waals surface area contributed by atoms with Gasteiger partial charge >= 0.3 is 0 Å². The number of hydrogen-bond acceptors (Lipinski definition) is 0. The van der Waals surface area contributed by atoms with Gasteiger partial charge in [-0.2, -0.15) is 0 Å². The summed E-state index contributed by atoms with van der Waals surface area (Å²) in [5.74, 6) is 0. The molecule has 0 heteroatoms. The van der Waals surface area contributed by atoms with Crippen molar-refractivity contribution in [2.24, 2.45) is 27.1 Å². The van der Waals surface area contributed by atoms with Gasteiger partial charge in [0.15, 0.2) is 0 Å². The molecular formula is C22H43. The van der Waals surface area contributed by atoms with Crippen molar-refractivity contribution in [2.45, 2.75) is 108 Å². The van der Waals surface area contributed by atoms with Gasteiger partial charge in [-0.15, -0.1) is 0 Å². The van der Waals surface area contributed by atoms with Gasteiger partial charge in [-0.1, -0.05) is 69.2 Å². The van der Waals surface area contributed by atoms with Crippen LogP contribution in [0, 0.1) is 33.5 Å². The Kier molecular flexibility index (Phi) is 5.59. The Hall–Kier alpha value is 0. The normalized spacial score (nSPS) is 21.0. The quantitative estimate of drug-likeness (QED) is 0.499. The van der Waals surface area contributed by atoms with Crippen molar-refractivity contribution in [1.29, 1.82) is 0 Å². The first kappa shape index (κ1) is 20.0. The minimum absolute atomic E-state index is 0.383. The zero-order chi connectivity index (χ0) is 17.4. The highest BCUT2D eigenvalue weighted by Crippen LogP contribution is 2.64. The zero-order valence-corrected chi connectivity index (χ0v) is 17.3. The van der Waals surface area contributed by atoms with Gasteiger partial charge in [0.2, 0.25) is 0 Å². The van der Waals surface area contributed by atoms with Gasteiger partial charge in [-0.05, 0) is 72.0 Å². The van der Waals surface area contributed by atoms with Crippen molar-refractivity contribution in [3.8, 4) is 0 Å². The molecule has 0 aliphatic heterocycles. The standard InChI is InChI=1S/C22H43/c1-18(2,3)16-20(7,8)22(14-12-11-13-15-22)21(9,10)17-19(4,5)6/h11H,12-17H2,1-10H3. The maximum atomic E-state index is 2.56. The van der Waals surface area contributed by atoms with E-state index in [9.17, 15) is 0 Å². The molecule has 0 atom stereocenters. The summed E-state index contributed by atoms with van der Waals surface area (Å²) in [6.45, 7) is 24.7. The average molecular weight is 308 g/mol. The van der Waals surface area contributed by atoms with E-state index in [1.165, 1.54) is 38.5 Å². The van der Waals surface area contributed by atoms with E-state index in [0.29, 0.717) is 27.1 Å². The molecule has 0 spiro atoms. The second kappa shape index (κ2) is 6.14. The van der Waals surface area contributed by atoms with Gasteiger partial charge in [0, 0.05) is 0 Å². The Balaban J connectivity index is 3.25. The predicted molar refractivity (Wildman–Crippen MR) is 101 cm³/mol. The zero-order valence-electron chi connectivity index (χ0n) is 17.3. The molecule has 0 aromatic rings. The average Bonchev–Trinajstić information content (AvgIpc) is 2.23. The minimum atomic E-state index is 0.383. The highest BCUT2D eigenvalue weighted by molar-refractivity contribution is 5.06. The molecule has 1 rings (SSSR count). The lowest BCUT2D eigenvalue weighted by Crippen LogP contribution is -2.52. The summed E-state index contributed by atoms with van der Waals surface area (Å²) < 4.78 is 0. The Morgan fingerprint density at radius 1 is 0.636 bits per heavy atom. The molecule has 1 aliphatic rings. The molecule has 0 saturated heterocycles. The van der Waals surface area contributed by atoms with Gasteiger partial charge in [-0.25, -0.2) is 0 Å². The fraction of sp³-hybridized carbons (Fsp3) is 0.955. The second-order valence-electron chi connectivity index (χ2n) is 11.7. The molecular weight excluding hydrogens is 264 g/mol. The van der Waals surface area contributed by atoms with Crippen molar-refractivity contribution in [3.63, 3.8) is 0 Å². The van der Waals surface area contributed by atoms with Crippen LogP contribution in [0.5, 0.6) is 0 Å². The Morgan fingerprint density at radius 3 is 1.23 bits per heavy atom. The maximum Gasteiger partial charge on any atom is -0.0194 e. The molecule has 1 fully saturated rings. The van der Waals surface area contributed by atoms with Crippen LogP contribution in [0.1, 0.15) is 108 Å². The van der Waals surface area contributed by atoms with Crippen LogP contribution >= 0.6 is 0 Å². The fourth-order valence-corrected chi connectivity index (χ4v) is 6.23. The molecule has 0 amide bonds. The van der Waals surface area contributed by atoms with E-state index in [1.807, 2.05) is 0 Å². The fourth-order valence-electron chi connectivity index (χ4n) is 6.23. The molecule has 1 saturated carbocycles.